The van der Waals surface area contributed by atoms with E-state index in [-0.39, 0.29) is 0 Å². The molecule has 0 amide bonds. The smallest absolute Gasteiger partial charge is 0.122 e. The molecule has 0 saturated carbocycles. The molecule has 0 saturated heterocycles. The van der Waals surface area contributed by atoms with E-state index in [0.717, 1.165) is 16.6 Å². The zero-order chi connectivity index (χ0) is 14.7. The third kappa shape index (κ3) is 3.61. The summed E-state index contributed by atoms with van der Waals surface area (Å²) in [5.74, 6) is 0. The van der Waals surface area contributed by atoms with Gasteiger partial charge in [-0.15, -0.1) is 0 Å². The molecule has 1 N–H and O–H groups in total. The highest BCUT2D eigenvalue weighted by Gasteiger charge is 2.19. The van der Waals surface area contributed by atoms with Crippen LogP contribution in [0.15, 0.2) is 34.9 Å². The highest BCUT2D eigenvalue weighted by molar-refractivity contribution is 9.10. The third-order valence-electron chi connectivity index (χ3n) is 3.04. The van der Waals surface area contributed by atoms with E-state index < -0.39 is 6.10 Å². The van der Waals surface area contributed by atoms with Gasteiger partial charge in [-0.1, -0.05) is 39.7 Å². The van der Waals surface area contributed by atoms with Gasteiger partial charge >= 0.3 is 0 Å². The Morgan fingerprint density at radius 2 is 2.00 bits per heavy atom. The van der Waals surface area contributed by atoms with Gasteiger partial charge in [0, 0.05) is 11.0 Å². The molecule has 0 spiro atoms. The van der Waals surface area contributed by atoms with Crippen molar-refractivity contribution in [3.8, 4) is 0 Å². The summed E-state index contributed by atoms with van der Waals surface area (Å²) in [5, 5.41) is 15.3. The summed E-state index contributed by atoms with van der Waals surface area (Å²) in [6, 6.07) is 7.53. The Bertz CT molecular complexity index is 568. The largest absolute Gasteiger partial charge is 0.382 e. The van der Waals surface area contributed by atoms with Gasteiger partial charge in [0.1, 0.15) is 6.10 Å². The topological polar surface area (TPSA) is 41.3 Å². The van der Waals surface area contributed by atoms with E-state index in [1.165, 1.54) is 0 Å². The predicted octanol–water partition coefficient (Wildman–Crippen LogP) is 2.94. The van der Waals surface area contributed by atoms with Crippen molar-refractivity contribution in [2.75, 3.05) is 20.6 Å². The first-order chi connectivity index (χ1) is 9.49. The lowest BCUT2D eigenvalue weighted by Gasteiger charge is -2.16. The van der Waals surface area contributed by atoms with Crippen molar-refractivity contribution in [3.63, 3.8) is 0 Å². The fraction of sp³-hybridized carbons (Fsp3) is 0.357. The summed E-state index contributed by atoms with van der Waals surface area (Å²) in [6.45, 7) is 1.51. The second-order valence-corrected chi connectivity index (χ2v) is 6.18. The summed E-state index contributed by atoms with van der Waals surface area (Å²) in [6.07, 6.45) is 0.800. The Hall–Kier alpha value is -0.880. The predicted molar refractivity (Wildman–Crippen MR) is 84.0 cm³/mol. The van der Waals surface area contributed by atoms with Crippen LogP contribution < -0.4 is 0 Å². The molecule has 2 rings (SSSR count). The maximum Gasteiger partial charge on any atom is 0.122 e. The summed E-state index contributed by atoms with van der Waals surface area (Å²) < 4.78 is 2.73. The molecule has 4 nitrogen and oxygen atoms in total. The number of aliphatic hydroxyl groups is 1. The van der Waals surface area contributed by atoms with Crippen LogP contribution >= 0.6 is 27.5 Å². The second-order valence-electron chi connectivity index (χ2n) is 4.86. The van der Waals surface area contributed by atoms with E-state index in [1.54, 1.807) is 10.9 Å². The Morgan fingerprint density at radius 3 is 2.60 bits per heavy atom. The third-order valence-corrected chi connectivity index (χ3v) is 3.86. The standard InChI is InChI=1S/C14H17BrClN3O/c1-18(2)7-8-19-13(12(16)9-17-19)14(20)10-3-5-11(15)6-4-10/h3-6,9,14,20H,7-8H2,1-2H3. The van der Waals surface area contributed by atoms with Crippen LogP contribution in [0, 0.1) is 0 Å². The number of hydrogen-bond donors (Lipinski definition) is 1. The Balaban J connectivity index is 2.26. The van der Waals surface area contributed by atoms with Crippen molar-refractivity contribution < 1.29 is 5.11 Å². The summed E-state index contributed by atoms with van der Waals surface area (Å²) in [5.41, 5.74) is 1.43. The molecule has 0 aliphatic rings. The van der Waals surface area contributed by atoms with Gasteiger partial charge in [0.05, 0.1) is 23.5 Å². The quantitative estimate of drug-likeness (QED) is 0.893. The normalized spacial score (nSPS) is 12.9. The fourth-order valence-corrected chi connectivity index (χ4v) is 2.43. The number of nitrogens with zero attached hydrogens (tertiary/aromatic N) is 3. The lowest BCUT2D eigenvalue weighted by Crippen LogP contribution is -2.21. The van der Waals surface area contributed by atoms with Crippen molar-refractivity contribution in [3.05, 3.63) is 51.2 Å². The van der Waals surface area contributed by atoms with Crippen molar-refractivity contribution in [2.24, 2.45) is 0 Å². The Labute approximate surface area is 132 Å². The van der Waals surface area contributed by atoms with Gasteiger partial charge in [-0.05, 0) is 31.8 Å². The van der Waals surface area contributed by atoms with Crippen LogP contribution in [0.3, 0.4) is 0 Å². The molecular weight excluding hydrogens is 342 g/mol. The minimum absolute atomic E-state index is 0.485. The van der Waals surface area contributed by atoms with Crippen LogP contribution in [0.2, 0.25) is 5.02 Å². The maximum atomic E-state index is 10.5. The highest BCUT2D eigenvalue weighted by atomic mass is 79.9. The van der Waals surface area contributed by atoms with Crippen LogP contribution in [0.4, 0.5) is 0 Å². The molecule has 2 aromatic rings. The number of hydrogen-bond acceptors (Lipinski definition) is 3. The van der Waals surface area contributed by atoms with Gasteiger partial charge in [-0.3, -0.25) is 4.68 Å². The first kappa shape index (κ1) is 15.5. The molecule has 1 aromatic carbocycles. The lowest BCUT2D eigenvalue weighted by atomic mass is 10.1. The minimum Gasteiger partial charge on any atom is -0.382 e. The Kier molecular flexibility index (Phi) is 5.21. The minimum atomic E-state index is -0.778. The molecule has 0 bridgehead atoms. The molecule has 0 fully saturated rings. The van der Waals surface area contributed by atoms with Gasteiger partial charge in [-0.2, -0.15) is 5.10 Å². The molecule has 20 heavy (non-hydrogen) atoms. The van der Waals surface area contributed by atoms with Crippen LogP contribution in [0.5, 0.6) is 0 Å². The second kappa shape index (κ2) is 6.72. The molecule has 0 aliphatic heterocycles. The molecule has 1 heterocycles. The number of halogens is 2. The van der Waals surface area contributed by atoms with Gasteiger partial charge in [0.2, 0.25) is 0 Å². The summed E-state index contributed by atoms with van der Waals surface area (Å²) in [7, 11) is 3.99. The van der Waals surface area contributed by atoms with E-state index in [9.17, 15) is 5.11 Å². The Morgan fingerprint density at radius 1 is 1.35 bits per heavy atom. The van der Waals surface area contributed by atoms with Gasteiger partial charge in [0.25, 0.3) is 0 Å². The number of aliphatic hydroxyl groups excluding tert-OH is 1. The average molecular weight is 359 g/mol. The number of likely N-dealkylation sites (N-methyl/N-ethyl adjacent to an activating group) is 1. The molecule has 0 radical (unpaired) electrons. The van der Waals surface area contributed by atoms with Gasteiger partial charge in [-0.25, -0.2) is 0 Å². The molecule has 1 aromatic heterocycles. The number of benzene rings is 1. The van der Waals surface area contributed by atoms with Crippen molar-refractivity contribution in [1.82, 2.24) is 14.7 Å². The summed E-state index contributed by atoms with van der Waals surface area (Å²) >= 11 is 9.55. The molecule has 0 aliphatic carbocycles. The lowest BCUT2D eigenvalue weighted by molar-refractivity contribution is 0.205. The molecule has 6 heteroatoms. The maximum absolute atomic E-state index is 10.5. The van der Waals surface area contributed by atoms with Crippen LogP contribution in [-0.2, 0) is 6.54 Å². The van der Waals surface area contributed by atoms with Crippen molar-refractivity contribution in [2.45, 2.75) is 12.6 Å². The van der Waals surface area contributed by atoms with Crippen LogP contribution in [0.1, 0.15) is 17.4 Å². The monoisotopic (exact) mass is 357 g/mol. The van der Waals surface area contributed by atoms with E-state index >= 15 is 0 Å². The van der Waals surface area contributed by atoms with Gasteiger partial charge < -0.3 is 10.0 Å². The number of aromatic nitrogens is 2. The van der Waals surface area contributed by atoms with Crippen molar-refractivity contribution >= 4 is 27.5 Å². The zero-order valence-electron chi connectivity index (χ0n) is 11.4. The van der Waals surface area contributed by atoms with Crippen LogP contribution in [-0.4, -0.2) is 40.4 Å². The highest BCUT2D eigenvalue weighted by Crippen LogP contribution is 2.28. The van der Waals surface area contributed by atoms with E-state index in [1.807, 2.05) is 38.4 Å². The summed E-state index contributed by atoms with van der Waals surface area (Å²) in [4.78, 5) is 2.06. The van der Waals surface area contributed by atoms with E-state index in [0.29, 0.717) is 17.3 Å². The first-order valence-electron chi connectivity index (χ1n) is 6.28. The van der Waals surface area contributed by atoms with Crippen molar-refractivity contribution in [1.29, 1.82) is 0 Å². The average Bonchev–Trinajstić information content (AvgIpc) is 2.77. The SMILES string of the molecule is CN(C)CCn1ncc(Cl)c1C(O)c1ccc(Br)cc1. The van der Waals surface area contributed by atoms with E-state index in [2.05, 4.69) is 25.9 Å². The first-order valence-corrected chi connectivity index (χ1v) is 7.45. The zero-order valence-corrected chi connectivity index (χ0v) is 13.8. The fourth-order valence-electron chi connectivity index (χ4n) is 1.92. The van der Waals surface area contributed by atoms with Gasteiger partial charge in [0.15, 0.2) is 0 Å². The van der Waals surface area contributed by atoms with Crippen LogP contribution in [0.25, 0.3) is 0 Å². The number of rotatable bonds is 5. The molecular formula is C14H17BrClN3O. The molecule has 1 unspecified atom stereocenters. The van der Waals surface area contributed by atoms with E-state index in [4.69, 9.17) is 11.6 Å². The molecule has 108 valence electrons. The molecule has 1 atom stereocenters.